The molecule has 0 amide bonds. The van der Waals surface area contributed by atoms with E-state index in [-0.39, 0.29) is 16.1 Å². The molecule has 0 unspecified atom stereocenters. The molecule has 0 atom stereocenters. The first kappa shape index (κ1) is 17.2. The number of aromatic amines is 1. The highest BCUT2D eigenvalue weighted by Crippen LogP contribution is 2.18. The topological polar surface area (TPSA) is 107 Å². The van der Waals surface area contributed by atoms with E-state index in [1.807, 2.05) is 13.8 Å². The van der Waals surface area contributed by atoms with Gasteiger partial charge in [-0.2, -0.15) is 0 Å². The van der Waals surface area contributed by atoms with E-state index in [0.29, 0.717) is 13.0 Å². The maximum absolute atomic E-state index is 12.9. The summed E-state index contributed by atoms with van der Waals surface area (Å²) in [5.41, 5.74) is -0.542. The van der Waals surface area contributed by atoms with Gasteiger partial charge in [-0.05, 0) is 25.5 Å². The third-order valence-corrected chi connectivity index (χ3v) is 5.63. The Hall–Kier alpha value is -2.68. The SMILES string of the molecule is CCCCn1c(=O)[nH]c(=O)c2c1ncn2S(=O)(=O)c1ccc(C)cc1. The van der Waals surface area contributed by atoms with Gasteiger partial charge < -0.3 is 0 Å². The van der Waals surface area contributed by atoms with Crippen LogP contribution in [0.1, 0.15) is 25.3 Å². The van der Waals surface area contributed by atoms with Crippen LogP contribution < -0.4 is 11.2 Å². The predicted molar refractivity (Wildman–Crippen MR) is 93.3 cm³/mol. The van der Waals surface area contributed by atoms with Crippen LogP contribution in [0, 0.1) is 6.92 Å². The molecule has 0 bridgehead atoms. The van der Waals surface area contributed by atoms with Crippen molar-refractivity contribution in [3.63, 3.8) is 0 Å². The lowest BCUT2D eigenvalue weighted by molar-refractivity contribution is 0.588. The monoisotopic (exact) mass is 362 g/mol. The number of unbranched alkanes of at least 4 members (excludes halogenated alkanes) is 1. The maximum Gasteiger partial charge on any atom is 0.330 e. The summed E-state index contributed by atoms with van der Waals surface area (Å²) in [6.07, 6.45) is 2.62. The Kier molecular flexibility index (Phi) is 4.34. The molecule has 0 saturated heterocycles. The summed E-state index contributed by atoms with van der Waals surface area (Å²) in [6, 6.07) is 6.29. The Labute approximate surface area is 143 Å². The lowest BCUT2D eigenvalue weighted by Gasteiger charge is -2.08. The van der Waals surface area contributed by atoms with Crippen LogP contribution in [0.5, 0.6) is 0 Å². The number of fused-ring (bicyclic) bond motifs is 1. The third-order valence-electron chi connectivity index (χ3n) is 3.97. The molecule has 25 heavy (non-hydrogen) atoms. The van der Waals surface area contributed by atoms with Crippen molar-refractivity contribution < 1.29 is 8.42 Å². The van der Waals surface area contributed by atoms with Crippen molar-refractivity contribution in [2.24, 2.45) is 0 Å². The van der Waals surface area contributed by atoms with Crippen LogP contribution in [0.4, 0.5) is 0 Å². The molecule has 0 aliphatic heterocycles. The zero-order valence-electron chi connectivity index (χ0n) is 13.9. The summed E-state index contributed by atoms with van der Waals surface area (Å²) in [6.45, 7) is 4.17. The van der Waals surface area contributed by atoms with Crippen LogP contribution in [0.3, 0.4) is 0 Å². The molecule has 132 valence electrons. The van der Waals surface area contributed by atoms with Gasteiger partial charge in [-0.3, -0.25) is 14.3 Å². The second-order valence-electron chi connectivity index (χ2n) is 5.80. The zero-order chi connectivity index (χ0) is 18.2. The predicted octanol–water partition coefficient (Wildman–Crippen LogP) is 1.23. The van der Waals surface area contributed by atoms with Crippen molar-refractivity contribution in [1.82, 2.24) is 18.5 Å². The summed E-state index contributed by atoms with van der Waals surface area (Å²) in [4.78, 5) is 30.5. The maximum atomic E-state index is 12.9. The number of benzene rings is 1. The normalized spacial score (nSPS) is 11.9. The minimum Gasteiger partial charge on any atom is -0.276 e. The van der Waals surface area contributed by atoms with Crippen LogP contribution in [0.15, 0.2) is 45.1 Å². The number of imidazole rings is 1. The van der Waals surface area contributed by atoms with Crippen LogP contribution in [-0.2, 0) is 16.6 Å². The number of aromatic nitrogens is 4. The number of aryl methyl sites for hydroxylation is 2. The van der Waals surface area contributed by atoms with E-state index < -0.39 is 21.3 Å². The largest absolute Gasteiger partial charge is 0.330 e. The molecule has 0 spiro atoms. The molecule has 3 rings (SSSR count). The average Bonchev–Trinajstić information content (AvgIpc) is 3.01. The Morgan fingerprint density at radius 2 is 1.84 bits per heavy atom. The van der Waals surface area contributed by atoms with Crippen LogP contribution in [0.2, 0.25) is 0 Å². The van der Waals surface area contributed by atoms with Crippen LogP contribution in [-0.4, -0.2) is 26.9 Å². The fraction of sp³-hybridized carbons (Fsp3) is 0.312. The molecule has 2 heterocycles. The second-order valence-corrected chi connectivity index (χ2v) is 7.61. The lowest BCUT2D eigenvalue weighted by atomic mass is 10.2. The van der Waals surface area contributed by atoms with Gasteiger partial charge in [0.05, 0.1) is 4.90 Å². The number of nitrogens with zero attached hydrogens (tertiary/aromatic N) is 3. The highest BCUT2D eigenvalue weighted by molar-refractivity contribution is 7.90. The minimum absolute atomic E-state index is 0.0445. The first-order chi connectivity index (χ1) is 11.9. The molecule has 1 N–H and O–H groups in total. The third kappa shape index (κ3) is 2.91. The van der Waals surface area contributed by atoms with Gasteiger partial charge in [0.15, 0.2) is 11.2 Å². The van der Waals surface area contributed by atoms with E-state index in [1.54, 1.807) is 12.1 Å². The summed E-state index contributed by atoms with van der Waals surface area (Å²) in [5, 5.41) is 0. The van der Waals surface area contributed by atoms with E-state index in [1.165, 1.54) is 16.7 Å². The van der Waals surface area contributed by atoms with Crippen LogP contribution >= 0.6 is 0 Å². The highest BCUT2D eigenvalue weighted by Gasteiger charge is 2.23. The smallest absolute Gasteiger partial charge is 0.276 e. The lowest BCUT2D eigenvalue weighted by Crippen LogP contribution is -2.31. The van der Waals surface area contributed by atoms with Crippen molar-refractivity contribution in [3.05, 3.63) is 57.0 Å². The minimum atomic E-state index is -3.99. The second kappa shape index (κ2) is 6.32. The van der Waals surface area contributed by atoms with Crippen molar-refractivity contribution >= 4 is 21.2 Å². The molecule has 0 aliphatic rings. The molecule has 0 fully saturated rings. The Morgan fingerprint density at radius 3 is 2.48 bits per heavy atom. The van der Waals surface area contributed by atoms with Crippen molar-refractivity contribution in [3.8, 4) is 0 Å². The van der Waals surface area contributed by atoms with Gasteiger partial charge in [0.25, 0.3) is 15.6 Å². The fourth-order valence-corrected chi connectivity index (χ4v) is 3.86. The number of hydrogen-bond acceptors (Lipinski definition) is 5. The van der Waals surface area contributed by atoms with Crippen LogP contribution in [0.25, 0.3) is 11.2 Å². The first-order valence-corrected chi connectivity index (χ1v) is 9.32. The molecule has 0 radical (unpaired) electrons. The summed E-state index contributed by atoms with van der Waals surface area (Å²) < 4.78 is 27.9. The van der Waals surface area contributed by atoms with E-state index in [9.17, 15) is 18.0 Å². The first-order valence-electron chi connectivity index (χ1n) is 7.88. The number of H-pyrrole nitrogens is 1. The molecular weight excluding hydrogens is 344 g/mol. The van der Waals surface area contributed by atoms with Crippen molar-refractivity contribution in [2.75, 3.05) is 0 Å². The Balaban J connectivity index is 2.26. The zero-order valence-corrected chi connectivity index (χ0v) is 14.7. The summed E-state index contributed by atoms with van der Waals surface area (Å²) in [7, 11) is -3.99. The molecule has 9 heteroatoms. The van der Waals surface area contributed by atoms with Gasteiger partial charge in [0.1, 0.15) is 6.33 Å². The average molecular weight is 362 g/mol. The van der Waals surface area contributed by atoms with Gasteiger partial charge in [0, 0.05) is 6.54 Å². The van der Waals surface area contributed by atoms with E-state index in [0.717, 1.165) is 22.3 Å². The standard InChI is InChI=1S/C16H18N4O4S/c1-3-4-9-19-14-13(15(21)18-16(19)22)20(10-17-14)25(23,24)12-7-5-11(2)6-8-12/h5-8,10H,3-4,9H2,1-2H3,(H,18,21,22). The number of nitrogens with one attached hydrogen (secondary N) is 1. The van der Waals surface area contributed by atoms with Crippen molar-refractivity contribution in [2.45, 2.75) is 38.1 Å². The van der Waals surface area contributed by atoms with Gasteiger partial charge in [-0.1, -0.05) is 31.0 Å². The van der Waals surface area contributed by atoms with Gasteiger partial charge >= 0.3 is 5.69 Å². The Morgan fingerprint density at radius 1 is 1.16 bits per heavy atom. The molecule has 0 aliphatic carbocycles. The molecule has 1 aromatic carbocycles. The van der Waals surface area contributed by atoms with E-state index in [4.69, 9.17) is 0 Å². The van der Waals surface area contributed by atoms with Gasteiger partial charge in [0.2, 0.25) is 0 Å². The number of rotatable bonds is 5. The summed E-state index contributed by atoms with van der Waals surface area (Å²) >= 11 is 0. The molecule has 8 nitrogen and oxygen atoms in total. The highest BCUT2D eigenvalue weighted by atomic mass is 32.2. The van der Waals surface area contributed by atoms with Gasteiger partial charge in [-0.15, -0.1) is 0 Å². The quantitative estimate of drug-likeness (QED) is 0.735. The van der Waals surface area contributed by atoms with Gasteiger partial charge in [-0.25, -0.2) is 22.2 Å². The molecular formula is C16H18N4O4S. The number of hydrogen-bond donors (Lipinski definition) is 1. The summed E-state index contributed by atoms with van der Waals surface area (Å²) in [5.74, 6) is 0. The molecule has 0 saturated carbocycles. The Bertz CT molecular complexity index is 1140. The molecule has 3 aromatic rings. The van der Waals surface area contributed by atoms with E-state index >= 15 is 0 Å². The molecule has 2 aromatic heterocycles. The van der Waals surface area contributed by atoms with Crippen molar-refractivity contribution in [1.29, 1.82) is 0 Å². The fourth-order valence-electron chi connectivity index (χ4n) is 2.57. The van der Waals surface area contributed by atoms with E-state index in [2.05, 4.69) is 9.97 Å².